The van der Waals surface area contributed by atoms with Gasteiger partial charge < -0.3 is 9.47 Å². The number of benzene rings is 2. The van der Waals surface area contributed by atoms with Crippen molar-refractivity contribution >= 4 is 11.6 Å². The Kier molecular flexibility index (Phi) is 3.46. The maximum atomic E-state index is 13.2. The minimum atomic E-state index is -0.299. The topological polar surface area (TPSA) is 52.6 Å². The summed E-state index contributed by atoms with van der Waals surface area (Å²) in [6.45, 7) is 4.01. The molecular weight excluding hydrogens is 316 g/mol. The second-order valence-electron chi connectivity index (χ2n) is 6.89. The Labute approximate surface area is 146 Å². The maximum absolute atomic E-state index is 13.2. The molecule has 0 saturated heterocycles. The van der Waals surface area contributed by atoms with Crippen LogP contribution in [0.5, 0.6) is 11.5 Å². The summed E-state index contributed by atoms with van der Waals surface area (Å²) >= 11 is 0. The third-order valence-electron chi connectivity index (χ3n) is 5.61. The second kappa shape index (κ2) is 5.45. The highest BCUT2D eigenvalue weighted by Gasteiger charge is 2.44. The summed E-state index contributed by atoms with van der Waals surface area (Å²) in [6.07, 6.45) is 0.537. The van der Waals surface area contributed by atoms with Gasteiger partial charge in [0.05, 0.1) is 14.2 Å². The molecule has 4 nitrogen and oxygen atoms in total. The fraction of sp³-hybridized carbons (Fsp3) is 0.333. The first-order valence-corrected chi connectivity index (χ1v) is 8.41. The van der Waals surface area contributed by atoms with Crippen molar-refractivity contribution in [2.75, 3.05) is 14.2 Å². The maximum Gasteiger partial charge on any atom is 0.170 e. The number of aryl methyl sites for hydroxylation is 2. The van der Waals surface area contributed by atoms with Crippen LogP contribution in [0.2, 0.25) is 0 Å². The van der Waals surface area contributed by atoms with Gasteiger partial charge in [-0.3, -0.25) is 9.59 Å². The zero-order valence-corrected chi connectivity index (χ0v) is 14.8. The highest BCUT2D eigenvalue weighted by Crippen LogP contribution is 2.49. The smallest absolute Gasteiger partial charge is 0.170 e. The Morgan fingerprint density at radius 1 is 0.760 bits per heavy atom. The van der Waals surface area contributed by atoms with Crippen LogP contribution in [0.3, 0.4) is 0 Å². The largest absolute Gasteiger partial charge is 0.493 e. The van der Waals surface area contributed by atoms with E-state index in [-0.39, 0.29) is 23.4 Å². The average molecular weight is 336 g/mol. The first kappa shape index (κ1) is 15.9. The minimum Gasteiger partial charge on any atom is -0.493 e. The van der Waals surface area contributed by atoms with Crippen molar-refractivity contribution in [1.82, 2.24) is 0 Å². The lowest BCUT2D eigenvalue weighted by atomic mass is 9.65. The molecule has 0 radical (unpaired) electrons. The standard InChI is InChI=1S/C21H20O4/c1-10-5-12-14(6-11(10)2)20(22)16-7-15(12)21(23)17-9-19(25-4)18(24-3)8-13(16)17/h5-6,8-9,15-16H,7H2,1-4H3. The lowest BCUT2D eigenvalue weighted by Gasteiger charge is -2.36. The summed E-state index contributed by atoms with van der Waals surface area (Å²) in [6, 6.07) is 7.45. The SMILES string of the molecule is COc1cc2c(cc1OC)C1CC(C2=O)c2cc(C)c(C)cc2C1=O. The van der Waals surface area contributed by atoms with Crippen molar-refractivity contribution < 1.29 is 19.1 Å². The van der Waals surface area contributed by atoms with Gasteiger partial charge in [0.1, 0.15) is 0 Å². The molecule has 2 aromatic rings. The van der Waals surface area contributed by atoms with Gasteiger partial charge in [0.2, 0.25) is 0 Å². The number of carbonyl (C=O) groups is 2. The Hall–Kier alpha value is -2.62. The summed E-state index contributed by atoms with van der Waals surface area (Å²) in [4.78, 5) is 26.3. The van der Waals surface area contributed by atoms with E-state index in [1.165, 1.54) is 0 Å². The van der Waals surface area contributed by atoms with Crippen molar-refractivity contribution in [1.29, 1.82) is 0 Å². The Morgan fingerprint density at radius 2 is 1.24 bits per heavy atom. The molecule has 4 rings (SSSR count). The molecule has 25 heavy (non-hydrogen) atoms. The van der Waals surface area contributed by atoms with E-state index in [0.717, 1.165) is 22.3 Å². The number of carbonyl (C=O) groups excluding carboxylic acids is 2. The summed E-state index contributed by atoms with van der Waals surface area (Å²) in [5.74, 6) is 0.655. The van der Waals surface area contributed by atoms with Gasteiger partial charge in [-0.15, -0.1) is 0 Å². The van der Waals surface area contributed by atoms with Crippen LogP contribution in [0.25, 0.3) is 0 Å². The van der Waals surface area contributed by atoms with Crippen LogP contribution in [-0.4, -0.2) is 25.8 Å². The number of ketones is 2. The quantitative estimate of drug-likeness (QED) is 0.833. The fourth-order valence-corrected chi connectivity index (χ4v) is 4.10. The van der Waals surface area contributed by atoms with E-state index in [1.54, 1.807) is 26.4 Å². The van der Waals surface area contributed by atoms with Crippen LogP contribution in [0, 0.1) is 13.8 Å². The molecule has 2 aromatic carbocycles. The average Bonchev–Trinajstić information content (AvgIpc) is 2.62. The number of methoxy groups -OCH3 is 2. The van der Waals surface area contributed by atoms with Crippen LogP contribution in [0.4, 0.5) is 0 Å². The molecule has 2 unspecified atom stereocenters. The molecule has 0 aliphatic heterocycles. The molecule has 0 N–H and O–H groups in total. The van der Waals surface area contributed by atoms with Gasteiger partial charge in [0.25, 0.3) is 0 Å². The molecule has 0 aromatic heterocycles. The van der Waals surface area contributed by atoms with E-state index in [1.807, 2.05) is 26.0 Å². The molecule has 2 aliphatic rings. The van der Waals surface area contributed by atoms with Crippen LogP contribution < -0.4 is 9.47 Å². The lowest BCUT2D eigenvalue weighted by molar-refractivity contribution is 0.0874. The van der Waals surface area contributed by atoms with Crippen LogP contribution in [0.1, 0.15) is 61.2 Å². The van der Waals surface area contributed by atoms with Crippen molar-refractivity contribution in [2.24, 2.45) is 0 Å². The zero-order valence-electron chi connectivity index (χ0n) is 14.8. The molecule has 0 amide bonds. The Balaban J connectivity index is 1.95. The van der Waals surface area contributed by atoms with Crippen molar-refractivity contribution in [2.45, 2.75) is 32.1 Å². The number of rotatable bonds is 2. The molecular formula is C21H20O4. The second-order valence-corrected chi connectivity index (χ2v) is 6.89. The van der Waals surface area contributed by atoms with Gasteiger partial charge >= 0.3 is 0 Å². The zero-order chi connectivity index (χ0) is 17.9. The highest BCUT2D eigenvalue weighted by molar-refractivity contribution is 6.14. The molecule has 2 atom stereocenters. The predicted octanol–water partition coefficient (Wildman–Crippen LogP) is 3.97. The van der Waals surface area contributed by atoms with Crippen LogP contribution >= 0.6 is 0 Å². The van der Waals surface area contributed by atoms with Gasteiger partial charge in [-0.25, -0.2) is 0 Å². The molecule has 0 spiro atoms. The van der Waals surface area contributed by atoms with Gasteiger partial charge in [-0.05, 0) is 60.7 Å². The lowest BCUT2D eigenvalue weighted by Crippen LogP contribution is -2.34. The predicted molar refractivity (Wildman–Crippen MR) is 94.2 cm³/mol. The monoisotopic (exact) mass is 336 g/mol. The molecule has 4 heteroatoms. The van der Waals surface area contributed by atoms with Crippen LogP contribution in [0.15, 0.2) is 24.3 Å². The van der Waals surface area contributed by atoms with Crippen molar-refractivity contribution in [3.05, 3.63) is 57.6 Å². The summed E-state index contributed by atoms with van der Waals surface area (Å²) in [5.41, 5.74) is 5.08. The molecule has 2 aliphatic carbocycles. The van der Waals surface area contributed by atoms with Gasteiger partial charge in [0, 0.05) is 23.0 Å². The molecule has 0 heterocycles. The van der Waals surface area contributed by atoms with Crippen LogP contribution in [-0.2, 0) is 0 Å². The summed E-state index contributed by atoms with van der Waals surface area (Å²) in [5, 5.41) is 0. The van der Waals surface area contributed by atoms with Crippen molar-refractivity contribution in [3.63, 3.8) is 0 Å². The molecule has 2 bridgehead atoms. The Morgan fingerprint density at radius 3 is 1.84 bits per heavy atom. The molecule has 0 saturated carbocycles. The summed E-state index contributed by atoms with van der Waals surface area (Å²) < 4.78 is 10.7. The highest BCUT2D eigenvalue weighted by atomic mass is 16.5. The van der Waals surface area contributed by atoms with E-state index in [2.05, 4.69) is 0 Å². The normalized spacial score (nSPS) is 20.8. The third-order valence-corrected chi connectivity index (χ3v) is 5.61. The van der Waals surface area contributed by atoms with Gasteiger partial charge in [-0.2, -0.15) is 0 Å². The summed E-state index contributed by atoms with van der Waals surface area (Å²) in [7, 11) is 3.10. The molecule has 0 fully saturated rings. The van der Waals surface area contributed by atoms with Gasteiger partial charge in [-0.1, -0.05) is 6.07 Å². The first-order chi connectivity index (χ1) is 12.0. The Bertz CT molecular complexity index is 926. The van der Waals surface area contributed by atoms with E-state index >= 15 is 0 Å². The van der Waals surface area contributed by atoms with E-state index in [0.29, 0.717) is 29.0 Å². The molecule has 128 valence electrons. The third kappa shape index (κ3) is 2.13. The van der Waals surface area contributed by atoms with E-state index in [4.69, 9.17) is 9.47 Å². The number of hydrogen-bond acceptors (Lipinski definition) is 4. The van der Waals surface area contributed by atoms with Crippen molar-refractivity contribution in [3.8, 4) is 11.5 Å². The fourth-order valence-electron chi connectivity index (χ4n) is 4.10. The number of fused-ring (bicyclic) bond motifs is 6. The minimum absolute atomic E-state index is 0.0595. The number of ether oxygens (including phenoxy) is 2. The van der Waals surface area contributed by atoms with E-state index < -0.39 is 0 Å². The number of hydrogen-bond donors (Lipinski definition) is 0. The number of Topliss-reactive ketones (excluding diaryl/α,β-unsaturated/α-hetero) is 2. The van der Waals surface area contributed by atoms with Gasteiger partial charge in [0.15, 0.2) is 23.1 Å². The first-order valence-electron chi connectivity index (χ1n) is 8.41. The van der Waals surface area contributed by atoms with E-state index in [9.17, 15) is 9.59 Å².